The van der Waals surface area contributed by atoms with Crippen LogP contribution in [0.1, 0.15) is 26.5 Å². The Hall–Kier alpha value is -2.25. The molecule has 1 aromatic carbocycles. The zero-order valence-corrected chi connectivity index (χ0v) is 16.8. The van der Waals surface area contributed by atoms with Crippen LogP contribution in [0, 0.1) is 0 Å². The van der Waals surface area contributed by atoms with Gasteiger partial charge in [-0.3, -0.25) is 14.2 Å². The lowest BCUT2D eigenvalue weighted by molar-refractivity contribution is -0.120. The minimum absolute atomic E-state index is 0.0363. The van der Waals surface area contributed by atoms with Crippen LogP contribution in [0.15, 0.2) is 51.0 Å². The number of carbonyl (C=O) groups excluding carboxylic acids is 1. The van der Waals surface area contributed by atoms with E-state index < -0.39 is 5.25 Å². The first-order chi connectivity index (χ1) is 12.8. The van der Waals surface area contributed by atoms with Crippen LogP contribution in [-0.2, 0) is 11.3 Å². The zero-order chi connectivity index (χ0) is 19.6. The number of thioether (sulfide) groups is 1. The van der Waals surface area contributed by atoms with Crippen molar-refractivity contribution in [3.8, 4) is 0 Å². The van der Waals surface area contributed by atoms with Gasteiger partial charge >= 0.3 is 0 Å². The van der Waals surface area contributed by atoms with E-state index in [9.17, 15) is 9.59 Å². The fourth-order valence-corrected chi connectivity index (χ4v) is 3.66. The third-order valence-corrected chi connectivity index (χ3v) is 5.18. The molecule has 0 aliphatic carbocycles. The van der Waals surface area contributed by atoms with E-state index in [2.05, 4.69) is 10.3 Å². The second-order valence-electron chi connectivity index (χ2n) is 6.45. The van der Waals surface area contributed by atoms with Crippen LogP contribution in [0.4, 0.5) is 0 Å². The first kappa shape index (κ1) is 19.5. The highest BCUT2D eigenvalue weighted by molar-refractivity contribution is 8.00. The average Bonchev–Trinajstić information content (AvgIpc) is 3.10. The normalized spacial score (nSPS) is 12.5. The topological polar surface area (TPSA) is 77.1 Å². The Kier molecular flexibility index (Phi) is 5.92. The molecule has 0 aliphatic rings. The molecular formula is C19H20ClN3O3S. The van der Waals surface area contributed by atoms with E-state index in [1.54, 1.807) is 43.5 Å². The molecule has 2 aromatic heterocycles. The summed E-state index contributed by atoms with van der Waals surface area (Å²) in [5, 5.41) is 3.87. The molecular weight excluding hydrogens is 386 g/mol. The maximum atomic E-state index is 13.0. The van der Waals surface area contributed by atoms with Crippen molar-refractivity contribution < 1.29 is 9.21 Å². The monoisotopic (exact) mass is 405 g/mol. The van der Waals surface area contributed by atoms with Gasteiger partial charge in [-0.1, -0.05) is 23.4 Å². The second-order valence-corrected chi connectivity index (χ2v) is 8.19. The molecule has 6 nitrogen and oxygen atoms in total. The molecule has 0 saturated heterocycles. The molecule has 0 aliphatic heterocycles. The Morgan fingerprint density at radius 3 is 2.78 bits per heavy atom. The lowest BCUT2D eigenvalue weighted by Crippen LogP contribution is -2.36. The number of hydrogen-bond acceptors (Lipinski definition) is 5. The molecule has 0 radical (unpaired) electrons. The van der Waals surface area contributed by atoms with E-state index in [1.807, 2.05) is 13.8 Å². The molecule has 2 heterocycles. The van der Waals surface area contributed by atoms with Crippen molar-refractivity contribution in [3.05, 3.63) is 57.7 Å². The van der Waals surface area contributed by atoms with Crippen molar-refractivity contribution in [2.24, 2.45) is 0 Å². The van der Waals surface area contributed by atoms with Gasteiger partial charge in [0.1, 0.15) is 5.76 Å². The fourth-order valence-electron chi connectivity index (χ4n) is 2.58. The number of furan rings is 1. The van der Waals surface area contributed by atoms with Crippen molar-refractivity contribution in [3.63, 3.8) is 0 Å². The second kappa shape index (κ2) is 8.19. The molecule has 0 fully saturated rings. The molecule has 1 amide bonds. The van der Waals surface area contributed by atoms with Crippen molar-refractivity contribution in [1.82, 2.24) is 14.9 Å². The van der Waals surface area contributed by atoms with Crippen molar-refractivity contribution in [2.75, 3.05) is 0 Å². The minimum atomic E-state index is -0.418. The number of aromatic nitrogens is 2. The Morgan fingerprint density at radius 1 is 1.33 bits per heavy atom. The summed E-state index contributed by atoms with van der Waals surface area (Å²) in [6.07, 6.45) is 1.56. The van der Waals surface area contributed by atoms with Crippen LogP contribution >= 0.6 is 23.4 Å². The number of carbonyl (C=O) groups is 1. The van der Waals surface area contributed by atoms with Gasteiger partial charge in [0.05, 0.1) is 29.0 Å². The quantitative estimate of drug-likeness (QED) is 0.499. The predicted molar refractivity (Wildman–Crippen MR) is 107 cm³/mol. The number of fused-ring (bicyclic) bond motifs is 1. The smallest absolute Gasteiger partial charge is 0.262 e. The van der Waals surface area contributed by atoms with Gasteiger partial charge in [-0.2, -0.15) is 0 Å². The summed E-state index contributed by atoms with van der Waals surface area (Å²) in [5.41, 5.74) is 0.300. The SMILES string of the molecule is CC(C)NC(=O)C(C)Sc1nc2cc(Cl)ccc2c(=O)n1Cc1ccco1. The first-order valence-corrected chi connectivity index (χ1v) is 9.80. The molecule has 0 spiro atoms. The number of halogens is 1. The highest BCUT2D eigenvalue weighted by Gasteiger charge is 2.20. The molecule has 8 heteroatoms. The van der Waals surface area contributed by atoms with E-state index in [-0.39, 0.29) is 24.1 Å². The maximum Gasteiger partial charge on any atom is 0.262 e. The zero-order valence-electron chi connectivity index (χ0n) is 15.2. The summed E-state index contributed by atoms with van der Waals surface area (Å²) >= 11 is 7.29. The summed E-state index contributed by atoms with van der Waals surface area (Å²) in [6, 6.07) is 8.57. The molecule has 1 unspecified atom stereocenters. The van der Waals surface area contributed by atoms with E-state index in [1.165, 1.54) is 16.3 Å². The van der Waals surface area contributed by atoms with Crippen molar-refractivity contribution in [2.45, 2.75) is 43.8 Å². The van der Waals surface area contributed by atoms with Crippen LogP contribution in [0.2, 0.25) is 5.02 Å². The van der Waals surface area contributed by atoms with Crippen molar-refractivity contribution in [1.29, 1.82) is 0 Å². The molecule has 142 valence electrons. The highest BCUT2D eigenvalue weighted by Crippen LogP contribution is 2.24. The Bertz CT molecular complexity index is 1010. The van der Waals surface area contributed by atoms with Gasteiger partial charge in [-0.15, -0.1) is 0 Å². The van der Waals surface area contributed by atoms with Crippen LogP contribution < -0.4 is 10.9 Å². The van der Waals surface area contributed by atoms with Gasteiger partial charge in [0.2, 0.25) is 5.91 Å². The number of benzene rings is 1. The number of amides is 1. The summed E-state index contributed by atoms with van der Waals surface area (Å²) in [5.74, 6) is 0.522. The third kappa shape index (κ3) is 4.54. The molecule has 1 N–H and O–H groups in total. The van der Waals surface area contributed by atoms with Gasteiger partial charge in [0.25, 0.3) is 5.56 Å². The summed E-state index contributed by atoms with van der Waals surface area (Å²) in [4.78, 5) is 29.9. The molecule has 3 rings (SSSR count). The lowest BCUT2D eigenvalue weighted by atomic mass is 10.2. The molecule has 3 aromatic rings. The van der Waals surface area contributed by atoms with Gasteiger partial charge < -0.3 is 9.73 Å². The Morgan fingerprint density at radius 2 is 2.11 bits per heavy atom. The van der Waals surface area contributed by atoms with Crippen molar-refractivity contribution >= 4 is 40.2 Å². The third-order valence-electron chi connectivity index (χ3n) is 3.86. The largest absolute Gasteiger partial charge is 0.467 e. The molecule has 27 heavy (non-hydrogen) atoms. The Balaban J connectivity index is 2.05. The van der Waals surface area contributed by atoms with Crippen LogP contribution in [-0.4, -0.2) is 26.8 Å². The highest BCUT2D eigenvalue weighted by atomic mass is 35.5. The number of rotatable bonds is 6. The van der Waals surface area contributed by atoms with Crippen LogP contribution in [0.25, 0.3) is 10.9 Å². The molecule has 1 atom stereocenters. The van der Waals surface area contributed by atoms with E-state index in [0.717, 1.165) is 0 Å². The van der Waals surface area contributed by atoms with Gasteiger partial charge in [-0.25, -0.2) is 4.98 Å². The summed E-state index contributed by atoms with van der Waals surface area (Å²) in [6.45, 7) is 5.82. The van der Waals surface area contributed by atoms with Gasteiger partial charge in [0, 0.05) is 11.1 Å². The van der Waals surface area contributed by atoms with Gasteiger partial charge in [-0.05, 0) is 51.1 Å². The predicted octanol–water partition coefficient (Wildman–Crippen LogP) is 3.70. The van der Waals surface area contributed by atoms with Crippen LogP contribution in [0.5, 0.6) is 0 Å². The number of hydrogen-bond donors (Lipinski definition) is 1. The fraction of sp³-hybridized carbons (Fsp3) is 0.316. The summed E-state index contributed by atoms with van der Waals surface area (Å²) in [7, 11) is 0. The molecule has 0 saturated carbocycles. The number of nitrogens with one attached hydrogen (secondary N) is 1. The maximum absolute atomic E-state index is 13.0. The van der Waals surface area contributed by atoms with Crippen LogP contribution in [0.3, 0.4) is 0 Å². The van der Waals surface area contributed by atoms with E-state index >= 15 is 0 Å². The average molecular weight is 406 g/mol. The molecule has 0 bridgehead atoms. The minimum Gasteiger partial charge on any atom is -0.467 e. The standard InChI is InChI=1S/C19H20ClN3O3S/c1-11(2)21-17(24)12(3)27-19-22-16-9-13(20)6-7-15(16)18(25)23(19)10-14-5-4-8-26-14/h4-9,11-12H,10H2,1-3H3,(H,21,24). The Labute approximate surface area is 165 Å². The van der Waals surface area contributed by atoms with E-state index in [4.69, 9.17) is 16.0 Å². The van der Waals surface area contributed by atoms with E-state index in [0.29, 0.717) is 26.8 Å². The number of nitrogens with zero attached hydrogens (tertiary/aromatic N) is 2. The first-order valence-electron chi connectivity index (χ1n) is 8.54. The lowest BCUT2D eigenvalue weighted by Gasteiger charge is -2.17. The summed E-state index contributed by atoms with van der Waals surface area (Å²) < 4.78 is 6.91. The van der Waals surface area contributed by atoms with Gasteiger partial charge in [0.15, 0.2) is 5.16 Å².